The first-order valence-corrected chi connectivity index (χ1v) is 12.1. The standard InChI is InChI=1S/C27H33N3O4/c1-2-33-27(32)21-9-11-24(12-10-21)30-17-15-29(16-18-30)14-6-5-13-28-26(31)23-19-22-7-3-4-8-25(22)34-20-23/h3-4,7-12,19H,2,5-6,13-18,20H2,1H3,(H,28,31). The van der Waals surface area contributed by atoms with Crippen molar-refractivity contribution in [3.8, 4) is 5.75 Å². The van der Waals surface area contributed by atoms with Crippen LogP contribution in [0.4, 0.5) is 5.69 Å². The molecule has 0 bridgehead atoms. The summed E-state index contributed by atoms with van der Waals surface area (Å²) in [6.07, 6.45) is 3.91. The Hall–Kier alpha value is -3.32. The molecule has 2 aliphatic heterocycles. The van der Waals surface area contributed by atoms with Crippen molar-refractivity contribution in [1.29, 1.82) is 0 Å². The Morgan fingerprint density at radius 1 is 1.00 bits per heavy atom. The Morgan fingerprint density at radius 3 is 2.53 bits per heavy atom. The highest BCUT2D eigenvalue weighted by Crippen LogP contribution is 2.25. The van der Waals surface area contributed by atoms with E-state index in [0.717, 1.165) is 62.6 Å². The average Bonchev–Trinajstić information content (AvgIpc) is 2.88. The van der Waals surface area contributed by atoms with Crippen LogP contribution in [0, 0.1) is 0 Å². The van der Waals surface area contributed by atoms with Crippen LogP contribution in [0.5, 0.6) is 5.75 Å². The van der Waals surface area contributed by atoms with Gasteiger partial charge in [0.1, 0.15) is 12.4 Å². The third-order valence-electron chi connectivity index (χ3n) is 6.23. The third-order valence-corrected chi connectivity index (χ3v) is 6.23. The average molecular weight is 464 g/mol. The molecule has 1 amide bonds. The number of nitrogens with zero attached hydrogens (tertiary/aromatic N) is 2. The van der Waals surface area contributed by atoms with E-state index in [1.807, 2.05) is 61.5 Å². The summed E-state index contributed by atoms with van der Waals surface area (Å²) in [5, 5.41) is 3.02. The number of esters is 1. The van der Waals surface area contributed by atoms with E-state index in [1.165, 1.54) is 0 Å². The van der Waals surface area contributed by atoms with Crippen LogP contribution in [0.1, 0.15) is 35.7 Å². The molecule has 7 nitrogen and oxygen atoms in total. The Morgan fingerprint density at radius 2 is 1.76 bits per heavy atom. The molecule has 0 atom stereocenters. The number of rotatable bonds is 9. The summed E-state index contributed by atoms with van der Waals surface area (Å²) < 4.78 is 10.7. The molecular weight excluding hydrogens is 430 g/mol. The number of ether oxygens (including phenoxy) is 2. The zero-order chi connectivity index (χ0) is 23.8. The normalized spacial score (nSPS) is 15.7. The molecule has 4 rings (SSSR count). The molecule has 1 N–H and O–H groups in total. The topological polar surface area (TPSA) is 71.1 Å². The lowest BCUT2D eigenvalue weighted by atomic mass is 10.1. The van der Waals surface area contributed by atoms with Crippen molar-refractivity contribution in [2.75, 3.05) is 57.4 Å². The van der Waals surface area contributed by atoms with E-state index in [2.05, 4.69) is 15.1 Å². The second kappa shape index (κ2) is 11.7. The monoisotopic (exact) mass is 463 g/mol. The number of carbonyl (C=O) groups is 2. The number of nitrogens with one attached hydrogen (secondary N) is 1. The van der Waals surface area contributed by atoms with E-state index >= 15 is 0 Å². The number of hydrogen-bond acceptors (Lipinski definition) is 6. The molecule has 2 aromatic rings. The minimum Gasteiger partial charge on any atom is -0.488 e. The first-order valence-electron chi connectivity index (χ1n) is 12.1. The van der Waals surface area contributed by atoms with Gasteiger partial charge < -0.3 is 19.7 Å². The van der Waals surface area contributed by atoms with Crippen molar-refractivity contribution >= 4 is 23.6 Å². The summed E-state index contributed by atoms with van der Waals surface area (Å²) in [4.78, 5) is 29.1. The highest BCUT2D eigenvalue weighted by atomic mass is 16.5. The molecule has 7 heteroatoms. The minimum atomic E-state index is -0.274. The van der Waals surface area contributed by atoms with Gasteiger partial charge in [-0.2, -0.15) is 0 Å². The summed E-state index contributed by atoms with van der Waals surface area (Å²) in [5.74, 6) is 0.508. The molecule has 0 radical (unpaired) electrons. The van der Waals surface area contributed by atoms with E-state index in [-0.39, 0.29) is 11.9 Å². The molecule has 0 aliphatic carbocycles. The van der Waals surface area contributed by atoms with Gasteiger partial charge in [0.05, 0.1) is 17.7 Å². The van der Waals surface area contributed by atoms with Crippen molar-refractivity contribution < 1.29 is 19.1 Å². The number of piperazine rings is 1. The number of fused-ring (bicyclic) bond motifs is 1. The van der Waals surface area contributed by atoms with Gasteiger partial charge in [-0.1, -0.05) is 18.2 Å². The molecule has 180 valence electrons. The summed E-state index contributed by atoms with van der Waals surface area (Å²) in [6.45, 7) is 8.16. The summed E-state index contributed by atoms with van der Waals surface area (Å²) in [5.41, 5.74) is 3.35. The Kier molecular flexibility index (Phi) is 8.20. The number of anilines is 1. The van der Waals surface area contributed by atoms with Gasteiger partial charge in [-0.05, 0) is 62.7 Å². The number of amides is 1. The summed E-state index contributed by atoms with van der Waals surface area (Å²) >= 11 is 0. The van der Waals surface area contributed by atoms with Gasteiger partial charge in [0, 0.05) is 44.0 Å². The van der Waals surface area contributed by atoms with Crippen LogP contribution < -0.4 is 15.0 Å². The quantitative estimate of drug-likeness (QED) is 0.454. The maximum Gasteiger partial charge on any atom is 0.338 e. The van der Waals surface area contributed by atoms with Crippen LogP contribution in [0.25, 0.3) is 6.08 Å². The van der Waals surface area contributed by atoms with Crippen LogP contribution in [-0.2, 0) is 9.53 Å². The van der Waals surface area contributed by atoms with Crippen LogP contribution in [0.2, 0.25) is 0 Å². The summed E-state index contributed by atoms with van der Waals surface area (Å²) in [7, 11) is 0. The Bertz CT molecular complexity index is 1010. The molecule has 2 aromatic carbocycles. The van der Waals surface area contributed by atoms with E-state index in [0.29, 0.717) is 30.9 Å². The van der Waals surface area contributed by atoms with Gasteiger partial charge in [-0.25, -0.2) is 4.79 Å². The number of unbranched alkanes of at least 4 members (excludes halogenated alkanes) is 1. The molecule has 2 heterocycles. The van der Waals surface area contributed by atoms with Crippen LogP contribution >= 0.6 is 0 Å². The highest BCUT2D eigenvalue weighted by molar-refractivity contribution is 5.99. The highest BCUT2D eigenvalue weighted by Gasteiger charge is 2.18. The fourth-order valence-corrected chi connectivity index (χ4v) is 4.28. The van der Waals surface area contributed by atoms with Gasteiger partial charge in [0.15, 0.2) is 0 Å². The van der Waals surface area contributed by atoms with Crippen molar-refractivity contribution in [2.24, 2.45) is 0 Å². The number of benzene rings is 2. The molecule has 34 heavy (non-hydrogen) atoms. The van der Waals surface area contributed by atoms with Gasteiger partial charge in [-0.3, -0.25) is 9.69 Å². The molecule has 0 spiro atoms. The number of hydrogen-bond donors (Lipinski definition) is 1. The molecule has 0 saturated carbocycles. The second-order valence-electron chi connectivity index (χ2n) is 8.56. The van der Waals surface area contributed by atoms with Crippen LogP contribution in [0.3, 0.4) is 0 Å². The minimum absolute atomic E-state index is 0.0444. The van der Waals surface area contributed by atoms with Crippen molar-refractivity contribution in [2.45, 2.75) is 19.8 Å². The molecule has 1 fully saturated rings. The molecule has 1 saturated heterocycles. The number of carbonyl (C=O) groups excluding carboxylic acids is 2. The molecule has 0 unspecified atom stereocenters. The lowest BCUT2D eigenvalue weighted by molar-refractivity contribution is -0.117. The van der Waals surface area contributed by atoms with Gasteiger partial charge >= 0.3 is 5.97 Å². The predicted octanol–water partition coefficient (Wildman–Crippen LogP) is 3.36. The predicted molar refractivity (Wildman–Crippen MR) is 133 cm³/mol. The Labute approximate surface area is 201 Å². The summed E-state index contributed by atoms with van der Waals surface area (Å²) in [6, 6.07) is 15.4. The van der Waals surface area contributed by atoms with E-state index in [9.17, 15) is 9.59 Å². The van der Waals surface area contributed by atoms with Crippen LogP contribution in [0.15, 0.2) is 54.1 Å². The fraction of sp³-hybridized carbons (Fsp3) is 0.407. The van der Waals surface area contributed by atoms with Gasteiger partial charge in [0.2, 0.25) is 0 Å². The molecule has 2 aliphatic rings. The first kappa shape index (κ1) is 23.8. The smallest absolute Gasteiger partial charge is 0.338 e. The lowest BCUT2D eigenvalue weighted by Crippen LogP contribution is -2.46. The molecule has 0 aromatic heterocycles. The zero-order valence-electron chi connectivity index (χ0n) is 19.8. The van der Waals surface area contributed by atoms with Crippen LogP contribution in [-0.4, -0.2) is 69.3 Å². The molecular formula is C27H33N3O4. The van der Waals surface area contributed by atoms with Crippen molar-refractivity contribution in [3.63, 3.8) is 0 Å². The Balaban J connectivity index is 1.12. The zero-order valence-corrected chi connectivity index (χ0v) is 19.8. The maximum absolute atomic E-state index is 12.4. The van der Waals surface area contributed by atoms with Gasteiger partial charge in [0.25, 0.3) is 5.91 Å². The SMILES string of the molecule is CCOC(=O)c1ccc(N2CCN(CCCCNC(=O)C3=Cc4ccccc4OC3)CC2)cc1. The fourth-order valence-electron chi connectivity index (χ4n) is 4.28. The lowest BCUT2D eigenvalue weighted by Gasteiger charge is -2.36. The maximum atomic E-state index is 12.4. The first-order chi connectivity index (χ1) is 16.6. The largest absolute Gasteiger partial charge is 0.488 e. The third kappa shape index (κ3) is 6.17. The van der Waals surface area contributed by atoms with Gasteiger partial charge in [-0.15, -0.1) is 0 Å². The van der Waals surface area contributed by atoms with E-state index < -0.39 is 0 Å². The van der Waals surface area contributed by atoms with E-state index in [1.54, 1.807) is 0 Å². The number of para-hydroxylation sites is 1. The van der Waals surface area contributed by atoms with Crippen molar-refractivity contribution in [3.05, 3.63) is 65.2 Å². The van der Waals surface area contributed by atoms with E-state index in [4.69, 9.17) is 9.47 Å². The van der Waals surface area contributed by atoms with Crippen molar-refractivity contribution in [1.82, 2.24) is 10.2 Å². The second-order valence-corrected chi connectivity index (χ2v) is 8.56.